The quantitative estimate of drug-likeness (QED) is 0.849. The lowest BCUT2D eigenvalue weighted by atomic mass is 10.0. The van der Waals surface area contributed by atoms with E-state index in [0.717, 1.165) is 19.4 Å². The average Bonchev–Trinajstić information content (AvgIpc) is 2.29. The van der Waals surface area contributed by atoms with Crippen LogP contribution in [0.25, 0.3) is 0 Å². The van der Waals surface area contributed by atoms with E-state index in [-0.39, 0.29) is 30.9 Å². The van der Waals surface area contributed by atoms with Crippen molar-refractivity contribution in [3.63, 3.8) is 0 Å². The Hall–Kier alpha value is -0.790. The van der Waals surface area contributed by atoms with Crippen LogP contribution in [0.1, 0.15) is 31.4 Å². The van der Waals surface area contributed by atoms with Gasteiger partial charge in [-0.05, 0) is 37.1 Å². The van der Waals surface area contributed by atoms with Gasteiger partial charge in [0.25, 0.3) is 0 Å². The summed E-state index contributed by atoms with van der Waals surface area (Å²) in [6.07, 6.45) is 1.84. The van der Waals surface area contributed by atoms with Crippen molar-refractivity contribution in [2.24, 2.45) is 5.73 Å². The molecular formula is C14H23Cl2N3. The Balaban J connectivity index is 0. The zero-order valence-corrected chi connectivity index (χ0v) is 13.1. The van der Waals surface area contributed by atoms with Gasteiger partial charge in [-0.15, -0.1) is 24.8 Å². The molecule has 1 atom stereocenters. The monoisotopic (exact) mass is 303 g/mol. The van der Waals surface area contributed by atoms with Gasteiger partial charge in [0.2, 0.25) is 0 Å². The predicted molar refractivity (Wildman–Crippen MR) is 85.1 cm³/mol. The van der Waals surface area contributed by atoms with Crippen LogP contribution in [-0.4, -0.2) is 18.6 Å². The molecule has 0 aliphatic carbocycles. The Morgan fingerprint density at radius 2 is 1.79 bits per heavy atom. The number of halogens is 2. The van der Waals surface area contributed by atoms with Crippen molar-refractivity contribution < 1.29 is 0 Å². The Morgan fingerprint density at radius 1 is 1.21 bits per heavy atom. The summed E-state index contributed by atoms with van der Waals surface area (Å²) in [4.78, 5) is 0. The van der Waals surface area contributed by atoms with Gasteiger partial charge in [0.1, 0.15) is 0 Å². The Labute approximate surface area is 128 Å². The molecule has 108 valence electrons. The molecule has 0 saturated heterocycles. The highest BCUT2D eigenvalue weighted by molar-refractivity contribution is 5.85. The largest absolute Gasteiger partial charge is 0.327 e. The van der Waals surface area contributed by atoms with Crippen LogP contribution in [0.2, 0.25) is 0 Å². The lowest BCUT2D eigenvalue weighted by molar-refractivity contribution is 0.521. The summed E-state index contributed by atoms with van der Waals surface area (Å²) in [7, 11) is 0. The lowest BCUT2D eigenvalue weighted by Gasteiger charge is -2.13. The van der Waals surface area contributed by atoms with E-state index >= 15 is 0 Å². The molecule has 0 aromatic heterocycles. The van der Waals surface area contributed by atoms with E-state index in [2.05, 4.69) is 25.2 Å². The summed E-state index contributed by atoms with van der Waals surface area (Å²) >= 11 is 0. The molecule has 0 bridgehead atoms. The second-order valence-electron chi connectivity index (χ2n) is 4.67. The van der Waals surface area contributed by atoms with Crippen molar-refractivity contribution >= 4 is 24.8 Å². The normalized spacial score (nSPS) is 11.1. The van der Waals surface area contributed by atoms with Crippen LogP contribution in [0.15, 0.2) is 24.3 Å². The van der Waals surface area contributed by atoms with Crippen molar-refractivity contribution in [2.45, 2.75) is 38.8 Å². The first-order valence-corrected chi connectivity index (χ1v) is 6.10. The van der Waals surface area contributed by atoms with Crippen molar-refractivity contribution in [3.8, 4) is 6.07 Å². The van der Waals surface area contributed by atoms with Gasteiger partial charge in [-0.1, -0.05) is 26.0 Å². The number of nitrogens with two attached hydrogens (primary N) is 1. The smallest absolute Gasteiger partial charge is 0.0991 e. The van der Waals surface area contributed by atoms with Crippen LogP contribution in [0.5, 0.6) is 0 Å². The number of rotatable bonds is 6. The molecule has 1 aromatic rings. The van der Waals surface area contributed by atoms with Crippen LogP contribution >= 0.6 is 24.8 Å². The van der Waals surface area contributed by atoms with E-state index in [4.69, 9.17) is 11.0 Å². The minimum atomic E-state index is 0. The molecule has 3 N–H and O–H groups in total. The summed E-state index contributed by atoms with van der Waals surface area (Å²) < 4.78 is 0. The number of hydrogen-bond donors (Lipinski definition) is 2. The van der Waals surface area contributed by atoms with Gasteiger partial charge in [0.05, 0.1) is 11.6 Å². The van der Waals surface area contributed by atoms with E-state index in [1.54, 1.807) is 0 Å². The van der Waals surface area contributed by atoms with Gasteiger partial charge in [-0.2, -0.15) is 5.26 Å². The summed E-state index contributed by atoms with van der Waals surface area (Å²) in [6.45, 7) is 5.22. The maximum Gasteiger partial charge on any atom is 0.0991 e. The van der Waals surface area contributed by atoms with Crippen molar-refractivity contribution in [3.05, 3.63) is 35.4 Å². The first-order chi connectivity index (χ1) is 8.11. The molecule has 19 heavy (non-hydrogen) atoms. The number of nitriles is 1. The number of nitrogens with zero attached hydrogens (tertiary/aromatic N) is 1. The Morgan fingerprint density at radius 3 is 2.26 bits per heavy atom. The zero-order valence-electron chi connectivity index (χ0n) is 11.4. The van der Waals surface area contributed by atoms with Gasteiger partial charge in [-0.25, -0.2) is 0 Å². The highest BCUT2D eigenvalue weighted by Crippen LogP contribution is 2.06. The summed E-state index contributed by atoms with van der Waals surface area (Å²) in [5.41, 5.74) is 7.95. The van der Waals surface area contributed by atoms with Crippen LogP contribution in [0.3, 0.4) is 0 Å². The van der Waals surface area contributed by atoms with Crippen molar-refractivity contribution in [1.82, 2.24) is 5.32 Å². The van der Waals surface area contributed by atoms with Gasteiger partial charge in [0.15, 0.2) is 0 Å². The van der Waals surface area contributed by atoms with Gasteiger partial charge >= 0.3 is 0 Å². The average molecular weight is 304 g/mol. The van der Waals surface area contributed by atoms with E-state index < -0.39 is 0 Å². The number of hydrogen-bond acceptors (Lipinski definition) is 3. The molecule has 0 fully saturated rings. The van der Waals surface area contributed by atoms with E-state index in [0.29, 0.717) is 11.6 Å². The number of nitrogens with one attached hydrogen (secondary N) is 1. The summed E-state index contributed by atoms with van der Waals surface area (Å²) in [5.74, 6) is 0. The SMILES string of the molecule is CC(C)NCC[C@H](N)Cc1ccc(C#N)cc1.Cl.Cl. The van der Waals surface area contributed by atoms with Crippen LogP contribution in [-0.2, 0) is 6.42 Å². The van der Waals surface area contributed by atoms with E-state index in [9.17, 15) is 0 Å². The fourth-order valence-corrected chi connectivity index (χ4v) is 1.68. The Bertz CT molecular complexity index is 371. The van der Waals surface area contributed by atoms with Crippen LogP contribution in [0, 0.1) is 11.3 Å². The standard InChI is InChI=1S/C14H21N3.2ClH/c1-11(2)17-8-7-14(16)9-12-3-5-13(10-15)6-4-12;;/h3-6,11,14,17H,7-9,16H2,1-2H3;2*1H/t14-;;/m0../s1. The molecule has 0 heterocycles. The van der Waals surface area contributed by atoms with Crippen LogP contribution < -0.4 is 11.1 Å². The Kier molecular flexibility index (Phi) is 12.0. The second-order valence-corrected chi connectivity index (χ2v) is 4.67. The molecule has 5 heteroatoms. The lowest BCUT2D eigenvalue weighted by Crippen LogP contribution is -2.31. The highest BCUT2D eigenvalue weighted by Gasteiger charge is 2.04. The van der Waals surface area contributed by atoms with E-state index in [1.165, 1.54) is 5.56 Å². The highest BCUT2D eigenvalue weighted by atomic mass is 35.5. The molecule has 0 radical (unpaired) electrons. The van der Waals surface area contributed by atoms with Crippen molar-refractivity contribution in [2.75, 3.05) is 6.54 Å². The third-order valence-electron chi connectivity index (χ3n) is 2.65. The third kappa shape index (κ3) is 8.85. The van der Waals surface area contributed by atoms with Crippen molar-refractivity contribution in [1.29, 1.82) is 5.26 Å². The van der Waals surface area contributed by atoms with Crippen LogP contribution in [0.4, 0.5) is 0 Å². The molecule has 0 aliphatic rings. The molecule has 1 aromatic carbocycles. The zero-order chi connectivity index (χ0) is 12.7. The van der Waals surface area contributed by atoms with Gasteiger partial charge < -0.3 is 11.1 Å². The summed E-state index contributed by atoms with van der Waals surface area (Å²) in [5, 5.41) is 12.1. The molecular weight excluding hydrogens is 281 g/mol. The fourth-order valence-electron chi connectivity index (χ4n) is 1.68. The topological polar surface area (TPSA) is 61.8 Å². The first kappa shape index (κ1) is 20.5. The molecule has 0 spiro atoms. The number of benzene rings is 1. The predicted octanol–water partition coefficient (Wildman–Crippen LogP) is 2.66. The first-order valence-electron chi connectivity index (χ1n) is 6.10. The maximum atomic E-state index is 8.70. The third-order valence-corrected chi connectivity index (χ3v) is 2.65. The van der Waals surface area contributed by atoms with Gasteiger partial charge in [-0.3, -0.25) is 0 Å². The fraction of sp³-hybridized carbons (Fsp3) is 0.500. The molecule has 1 rings (SSSR count). The minimum Gasteiger partial charge on any atom is -0.327 e. The van der Waals surface area contributed by atoms with E-state index in [1.807, 2.05) is 24.3 Å². The second kappa shape index (κ2) is 11.1. The summed E-state index contributed by atoms with van der Waals surface area (Å²) in [6, 6.07) is 10.4. The molecule has 0 saturated carbocycles. The minimum absolute atomic E-state index is 0. The molecule has 0 aliphatic heterocycles. The molecule has 3 nitrogen and oxygen atoms in total. The molecule has 0 amide bonds. The molecule has 0 unspecified atom stereocenters. The maximum absolute atomic E-state index is 8.70. The van der Waals surface area contributed by atoms with Gasteiger partial charge in [0, 0.05) is 12.1 Å².